The van der Waals surface area contributed by atoms with Gasteiger partial charge in [-0.2, -0.15) is 0 Å². The molecule has 1 aromatic heterocycles. The van der Waals surface area contributed by atoms with E-state index >= 15 is 0 Å². The molecule has 2 N–H and O–H groups in total. The Bertz CT molecular complexity index is 687. The molecule has 0 saturated heterocycles. The lowest BCUT2D eigenvalue weighted by molar-refractivity contribution is 0.0836. The molecule has 7 heteroatoms. The van der Waals surface area contributed by atoms with Crippen LogP contribution in [0.25, 0.3) is 0 Å². The summed E-state index contributed by atoms with van der Waals surface area (Å²) in [4.78, 5) is 11.9. The van der Waals surface area contributed by atoms with Gasteiger partial charge in [0.1, 0.15) is 24.2 Å². The van der Waals surface area contributed by atoms with Crippen LogP contribution >= 0.6 is 11.6 Å². The number of amides is 1. The summed E-state index contributed by atoms with van der Waals surface area (Å²) in [5, 5.41) is 16.9. The smallest absolute Gasteiger partial charge is 0.273 e. The summed E-state index contributed by atoms with van der Waals surface area (Å²) in [7, 11) is 0. The highest BCUT2D eigenvalue weighted by atomic mass is 35.5. The molecule has 0 bridgehead atoms. The van der Waals surface area contributed by atoms with Crippen LogP contribution in [0.1, 0.15) is 35.2 Å². The molecule has 0 radical (unpaired) electrons. The first kappa shape index (κ1) is 18.3. The summed E-state index contributed by atoms with van der Waals surface area (Å²) in [5.41, 5.74) is 1.10. The zero-order valence-corrected chi connectivity index (χ0v) is 14.5. The van der Waals surface area contributed by atoms with Crippen molar-refractivity contribution in [2.24, 2.45) is 0 Å². The minimum Gasteiger partial charge on any atom is -0.491 e. The molecule has 0 saturated carbocycles. The lowest BCUT2D eigenvalue weighted by atomic mass is 10.2. The third-order valence-corrected chi connectivity index (χ3v) is 3.78. The number of rotatable bonds is 8. The van der Waals surface area contributed by atoms with Crippen LogP contribution in [0.3, 0.4) is 0 Å². The average molecular weight is 353 g/mol. The van der Waals surface area contributed by atoms with Gasteiger partial charge in [0.2, 0.25) is 0 Å². The van der Waals surface area contributed by atoms with Crippen LogP contribution in [-0.4, -0.2) is 35.4 Å². The Balaban J connectivity index is 1.76. The van der Waals surface area contributed by atoms with Gasteiger partial charge in [0.05, 0.1) is 0 Å². The first-order valence-electron chi connectivity index (χ1n) is 7.80. The first-order valence-corrected chi connectivity index (χ1v) is 8.18. The number of benzene rings is 1. The van der Waals surface area contributed by atoms with Gasteiger partial charge >= 0.3 is 0 Å². The van der Waals surface area contributed by atoms with Crippen molar-refractivity contribution in [2.75, 3.05) is 13.2 Å². The molecule has 2 rings (SSSR count). The summed E-state index contributed by atoms with van der Waals surface area (Å²) in [5.74, 6) is 0.898. The van der Waals surface area contributed by atoms with Crippen molar-refractivity contribution in [1.82, 2.24) is 10.5 Å². The monoisotopic (exact) mass is 352 g/mol. The summed E-state index contributed by atoms with van der Waals surface area (Å²) in [6.07, 6.45) is 0.806. The number of carbonyl (C=O) groups excluding carboxylic acids is 1. The predicted octanol–water partition coefficient (Wildman–Crippen LogP) is 2.76. The second-order valence-electron chi connectivity index (χ2n) is 5.51. The molecule has 0 aliphatic rings. The second kappa shape index (κ2) is 8.70. The van der Waals surface area contributed by atoms with E-state index < -0.39 is 6.10 Å². The molecule has 0 aliphatic heterocycles. The number of aryl methyl sites for hydroxylation is 2. The van der Waals surface area contributed by atoms with Crippen LogP contribution in [0, 0.1) is 6.92 Å². The molecule has 2 aromatic rings. The first-order chi connectivity index (χ1) is 11.5. The van der Waals surface area contributed by atoms with Crippen molar-refractivity contribution in [3.8, 4) is 5.75 Å². The molecule has 0 aliphatic carbocycles. The Morgan fingerprint density at radius 3 is 2.96 bits per heavy atom. The van der Waals surface area contributed by atoms with E-state index in [0.717, 1.165) is 18.4 Å². The number of nitrogens with zero attached hydrogens (tertiary/aromatic N) is 1. The zero-order valence-electron chi connectivity index (χ0n) is 13.7. The number of hydrogen-bond acceptors (Lipinski definition) is 5. The molecule has 24 heavy (non-hydrogen) atoms. The lowest BCUT2D eigenvalue weighted by Gasteiger charge is -2.13. The predicted molar refractivity (Wildman–Crippen MR) is 90.5 cm³/mol. The SMILES string of the molecule is CCCc1cc(C(=O)NC[C@@H](O)COc2ccc(Cl)c(C)c2)no1. The molecule has 1 aromatic carbocycles. The van der Waals surface area contributed by atoms with E-state index in [2.05, 4.69) is 10.5 Å². The zero-order chi connectivity index (χ0) is 17.5. The van der Waals surface area contributed by atoms with Gasteiger partial charge < -0.3 is 19.7 Å². The molecule has 1 heterocycles. The summed E-state index contributed by atoms with van der Waals surface area (Å²) in [6, 6.07) is 6.86. The minimum atomic E-state index is -0.841. The minimum absolute atomic E-state index is 0.0568. The number of carbonyl (C=O) groups is 1. The van der Waals surface area contributed by atoms with Gasteiger partial charge in [-0.05, 0) is 37.1 Å². The van der Waals surface area contributed by atoms with Gasteiger partial charge in [-0.15, -0.1) is 0 Å². The Labute approximate surface area is 145 Å². The Hall–Kier alpha value is -2.05. The normalized spacial score (nSPS) is 12.0. The highest BCUT2D eigenvalue weighted by Crippen LogP contribution is 2.21. The molecule has 1 atom stereocenters. The molecule has 0 spiro atoms. The standard InChI is InChI=1S/C17H21ClN2O4/c1-3-4-14-8-16(20-24-14)17(22)19-9-12(21)10-23-13-5-6-15(18)11(2)7-13/h5-8,12,21H,3-4,9-10H2,1-2H3,(H,19,22)/t12-/m1/s1. The van der Waals surface area contributed by atoms with Crippen LogP contribution in [0.5, 0.6) is 5.75 Å². The number of aliphatic hydroxyl groups excluding tert-OH is 1. The van der Waals surface area contributed by atoms with Gasteiger partial charge in [0, 0.05) is 24.1 Å². The molecule has 0 fully saturated rings. The van der Waals surface area contributed by atoms with Gasteiger partial charge in [-0.25, -0.2) is 0 Å². The van der Waals surface area contributed by atoms with Gasteiger partial charge in [0.25, 0.3) is 5.91 Å². The third-order valence-electron chi connectivity index (χ3n) is 3.36. The van der Waals surface area contributed by atoms with Crippen LogP contribution in [0.2, 0.25) is 5.02 Å². The summed E-state index contributed by atoms with van der Waals surface area (Å²) >= 11 is 5.94. The average Bonchev–Trinajstić information content (AvgIpc) is 3.03. The number of hydrogen-bond donors (Lipinski definition) is 2. The number of nitrogens with one attached hydrogen (secondary N) is 1. The van der Waals surface area contributed by atoms with Gasteiger partial charge in [-0.3, -0.25) is 4.79 Å². The fourth-order valence-electron chi connectivity index (χ4n) is 2.04. The van der Waals surface area contributed by atoms with Crippen LogP contribution in [0.4, 0.5) is 0 Å². The highest BCUT2D eigenvalue weighted by molar-refractivity contribution is 6.31. The van der Waals surface area contributed by atoms with Crippen molar-refractivity contribution < 1.29 is 19.2 Å². The van der Waals surface area contributed by atoms with Crippen molar-refractivity contribution in [1.29, 1.82) is 0 Å². The maximum atomic E-state index is 11.9. The number of halogens is 1. The molecule has 1 amide bonds. The van der Waals surface area contributed by atoms with Crippen molar-refractivity contribution in [2.45, 2.75) is 32.8 Å². The molecular weight excluding hydrogens is 332 g/mol. The van der Waals surface area contributed by atoms with E-state index in [4.69, 9.17) is 20.9 Å². The molecular formula is C17H21ClN2O4. The van der Waals surface area contributed by atoms with E-state index in [1.807, 2.05) is 13.8 Å². The maximum absolute atomic E-state index is 11.9. The third kappa shape index (κ3) is 5.25. The molecule has 6 nitrogen and oxygen atoms in total. The summed E-state index contributed by atoms with van der Waals surface area (Å²) < 4.78 is 10.5. The van der Waals surface area contributed by atoms with Crippen molar-refractivity contribution in [3.05, 3.63) is 46.3 Å². The molecule has 130 valence electrons. The summed E-state index contributed by atoms with van der Waals surface area (Å²) in [6.45, 7) is 4.00. The van der Waals surface area contributed by atoms with E-state index in [1.165, 1.54) is 0 Å². The van der Waals surface area contributed by atoms with Crippen LogP contribution < -0.4 is 10.1 Å². The Morgan fingerprint density at radius 2 is 2.25 bits per heavy atom. The number of aliphatic hydroxyl groups is 1. The van der Waals surface area contributed by atoms with E-state index in [1.54, 1.807) is 24.3 Å². The Morgan fingerprint density at radius 1 is 1.46 bits per heavy atom. The fourth-order valence-corrected chi connectivity index (χ4v) is 2.16. The Kier molecular flexibility index (Phi) is 6.63. The quantitative estimate of drug-likeness (QED) is 0.763. The number of aromatic nitrogens is 1. The van der Waals surface area contributed by atoms with Crippen LogP contribution in [-0.2, 0) is 6.42 Å². The number of ether oxygens (including phenoxy) is 1. The van der Waals surface area contributed by atoms with E-state index in [0.29, 0.717) is 16.5 Å². The molecule has 0 unspecified atom stereocenters. The van der Waals surface area contributed by atoms with Crippen LogP contribution in [0.15, 0.2) is 28.8 Å². The van der Waals surface area contributed by atoms with Crippen molar-refractivity contribution in [3.63, 3.8) is 0 Å². The highest BCUT2D eigenvalue weighted by Gasteiger charge is 2.14. The largest absolute Gasteiger partial charge is 0.491 e. The van der Waals surface area contributed by atoms with Gasteiger partial charge in [-0.1, -0.05) is 23.7 Å². The maximum Gasteiger partial charge on any atom is 0.273 e. The van der Waals surface area contributed by atoms with Crippen molar-refractivity contribution >= 4 is 17.5 Å². The second-order valence-corrected chi connectivity index (χ2v) is 5.92. The fraction of sp³-hybridized carbons (Fsp3) is 0.412. The van der Waals surface area contributed by atoms with E-state index in [9.17, 15) is 9.90 Å². The lowest BCUT2D eigenvalue weighted by Crippen LogP contribution is -2.35. The topological polar surface area (TPSA) is 84.6 Å². The van der Waals surface area contributed by atoms with Gasteiger partial charge in [0.15, 0.2) is 5.69 Å². The van der Waals surface area contributed by atoms with E-state index in [-0.39, 0.29) is 24.8 Å².